The molecule has 8 heteroatoms. The lowest BCUT2D eigenvalue weighted by molar-refractivity contribution is 0.0296. The summed E-state index contributed by atoms with van der Waals surface area (Å²) in [5.41, 5.74) is 1.95. The van der Waals surface area contributed by atoms with Gasteiger partial charge in [-0.15, -0.1) is 0 Å². The number of aromatic nitrogens is 2. The van der Waals surface area contributed by atoms with Gasteiger partial charge >= 0.3 is 0 Å². The molecule has 3 aromatic rings. The minimum atomic E-state index is -0.230. The summed E-state index contributed by atoms with van der Waals surface area (Å²) in [6, 6.07) is 12.3. The summed E-state index contributed by atoms with van der Waals surface area (Å²) in [6.45, 7) is 5.65. The van der Waals surface area contributed by atoms with E-state index >= 15 is 0 Å². The minimum Gasteiger partial charge on any atom is -0.379 e. The van der Waals surface area contributed by atoms with Crippen molar-refractivity contribution in [3.8, 4) is 0 Å². The van der Waals surface area contributed by atoms with Crippen molar-refractivity contribution in [1.29, 1.82) is 0 Å². The van der Waals surface area contributed by atoms with E-state index in [9.17, 15) is 4.39 Å². The van der Waals surface area contributed by atoms with Crippen LogP contribution in [0.4, 0.5) is 4.39 Å². The van der Waals surface area contributed by atoms with Crippen LogP contribution >= 0.6 is 23.2 Å². The van der Waals surface area contributed by atoms with Gasteiger partial charge in [-0.2, -0.15) is 0 Å². The van der Waals surface area contributed by atoms with Crippen molar-refractivity contribution >= 4 is 23.2 Å². The number of hydrogen-bond acceptors (Lipinski definition) is 4. The van der Waals surface area contributed by atoms with Crippen molar-refractivity contribution in [1.82, 2.24) is 19.8 Å². The van der Waals surface area contributed by atoms with Gasteiger partial charge in [0.25, 0.3) is 0 Å². The minimum absolute atomic E-state index is 0.0520. The SMILES string of the molecule is Fc1cccc(CN(CCN2CCOCC2)C(Cc2cc(Cl)cc(Cl)c2)c2ncc[nH]2)c1. The molecule has 0 bridgehead atoms. The number of nitrogens with zero attached hydrogens (tertiary/aromatic N) is 3. The Labute approximate surface area is 198 Å². The summed E-state index contributed by atoms with van der Waals surface area (Å²) in [7, 11) is 0. The Balaban J connectivity index is 1.61. The number of aromatic amines is 1. The third-order valence-electron chi connectivity index (χ3n) is 5.71. The Bertz CT molecular complexity index is 975. The van der Waals surface area contributed by atoms with E-state index in [1.54, 1.807) is 24.4 Å². The first-order valence-corrected chi connectivity index (χ1v) is 11.6. The average Bonchev–Trinajstić information content (AvgIpc) is 3.30. The number of H-pyrrole nitrogens is 1. The van der Waals surface area contributed by atoms with Gasteiger partial charge in [0.1, 0.15) is 11.6 Å². The standard InChI is InChI=1S/C24H27Cl2FN4O/c25-20-12-19(13-21(26)16-20)15-23(24-28-4-5-29-24)31(7-6-30-8-10-32-11-9-30)17-18-2-1-3-22(27)14-18/h1-5,12-14,16,23H,6-11,15,17H2,(H,28,29). The molecule has 1 atom stereocenters. The maximum absolute atomic E-state index is 13.9. The first-order chi connectivity index (χ1) is 15.6. The maximum atomic E-state index is 13.9. The topological polar surface area (TPSA) is 44.4 Å². The second kappa shape index (κ2) is 11.3. The Morgan fingerprint density at radius 2 is 1.88 bits per heavy atom. The van der Waals surface area contributed by atoms with Gasteiger partial charge in [0.2, 0.25) is 0 Å². The highest BCUT2D eigenvalue weighted by molar-refractivity contribution is 6.34. The van der Waals surface area contributed by atoms with Crippen molar-refractivity contribution in [3.05, 3.63) is 87.7 Å². The molecule has 1 fully saturated rings. The first-order valence-electron chi connectivity index (χ1n) is 10.8. The molecule has 0 radical (unpaired) electrons. The zero-order valence-electron chi connectivity index (χ0n) is 17.8. The van der Waals surface area contributed by atoms with Crippen LogP contribution in [0.25, 0.3) is 0 Å². The molecular formula is C24H27Cl2FN4O. The Hall–Kier alpha value is -1.96. The Morgan fingerprint density at radius 1 is 1.09 bits per heavy atom. The normalized spacial score (nSPS) is 15.9. The first kappa shape index (κ1) is 23.2. The smallest absolute Gasteiger partial charge is 0.123 e. The number of nitrogens with one attached hydrogen (secondary N) is 1. The Morgan fingerprint density at radius 3 is 2.56 bits per heavy atom. The van der Waals surface area contributed by atoms with E-state index < -0.39 is 0 Å². The maximum Gasteiger partial charge on any atom is 0.123 e. The largest absolute Gasteiger partial charge is 0.379 e. The van der Waals surface area contributed by atoms with Gasteiger partial charge < -0.3 is 9.72 Å². The van der Waals surface area contributed by atoms with Crippen LogP contribution in [0.15, 0.2) is 54.9 Å². The molecule has 1 aliphatic heterocycles. The van der Waals surface area contributed by atoms with Gasteiger partial charge in [0.15, 0.2) is 0 Å². The molecular weight excluding hydrogens is 450 g/mol. The molecule has 5 nitrogen and oxygen atoms in total. The summed E-state index contributed by atoms with van der Waals surface area (Å²) >= 11 is 12.5. The van der Waals surface area contributed by atoms with Gasteiger partial charge in [-0.1, -0.05) is 35.3 Å². The molecule has 1 aliphatic rings. The fourth-order valence-corrected chi connectivity index (χ4v) is 4.69. The van der Waals surface area contributed by atoms with Crippen molar-refractivity contribution in [2.75, 3.05) is 39.4 Å². The fraction of sp³-hybridized carbons (Fsp3) is 0.375. The van der Waals surface area contributed by atoms with Crippen molar-refractivity contribution in [3.63, 3.8) is 0 Å². The Kier molecular flexibility index (Phi) is 8.16. The molecule has 0 saturated carbocycles. The molecule has 0 spiro atoms. The van der Waals surface area contributed by atoms with Gasteiger partial charge in [-0.3, -0.25) is 9.80 Å². The van der Waals surface area contributed by atoms with Crippen LogP contribution < -0.4 is 0 Å². The quantitative estimate of drug-likeness (QED) is 0.473. The highest BCUT2D eigenvalue weighted by atomic mass is 35.5. The summed E-state index contributed by atoms with van der Waals surface area (Å²) in [4.78, 5) is 12.6. The molecule has 2 aromatic carbocycles. The van der Waals surface area contributed by atoms with Gasteiger partial charge in [0, 0.05) is 55.2 Å². The van der Waals surface area contributed by atoms with Crippen LogP contribution in [0.2, 0.25) is 10.0 Å². The molecule has 1 saturated heterocycles. The van der Waals surface area contributed by atoms with Gasteiger partial charge in [-0.25, -0.2) is 9.37 Å². The number of morpholine rings is 1. The van der Waals surface area contributed by atoms with Crippen LogP contribution in [-0.4, -0.2) is 59.2 Å². The second-order valence-corrected chi connectivity index (χ2v) is 8.90. The molecule has 1 N–H and O–H groups in total. The van der Waals surface area contributed by atoms with Crippen LogP contribution in [0.3, 0.4) is 0 Å². The highest BCUT2D eigenvalue weighted by Gasteiger charge is 2.25. The molecule has 4 rings (SSSR count). The predicted molar refractivity (Wildman–Crippen MR) is 126 cm³/mol. The van der Waals surface area contributed by atoms with Crippen molar-refractivity contribution in [2.24, 2.45) is 0 Å². The number of rotatable bonds is 9. The van der Waals surface area contributed by atoms with Gasteiger partial charge in [0.05, 0.1) is 19.3 Å². The van der Waals surface area contributed by atoms with E-state index in [4.69, 9.17) is 27.9 Å². The number of imidazole rings is 1. The summed E-state index contributed by atoms with van der Waals surface area (Å²) in [5, 5.41) is 1.21. The number of hydrogen-bond donors (Lipinski definition) is 1. The van der Waals surface area contributed by atoms with Gasteiger partial charge in [-0.05, 0) is 47.9 Å². The van der Waals surface area contributed by atoms with E-state index in [0.29, 0.717) is 23.0 Å². The zero-order valence-corrected chi connectivity index (χ0v) is 19.3. The van der Waals surface area contributed by atoms with Crippen LogP contribution in [0.5, 0.6) is 0 Å². The number of ether oxygens (including phenoxy) is 1. The number of halogens is 3. The fourth-order valence-electron chi connectivity index (χ4n) is 4.12. The monoisotopic (exact) mass is 476 g/mol. The lowest BCUT2D eigenvalue weighted by Gasteiger charge is -2.34. The van der Waals surface area contributed by atoms with E-state index in [-0.39, 0.29) is 11.9 Å². The average molecular weight is 477 g/mol. The molecule has 1 aromatic heterocycles. The lowest BCUT2D eigenvalue weighted by Crippen LogP contribution is -2.42. The third kappa shape index (κ3) is 6.53. The summed E-state index contributed by atoms with van der Waals surface area (Å²) < 4.78 is 19.4. The van der Waals surface area contributed by atoms with E-state index in [1.165, 1.54) is 6.07 Å². The molecule has 0 amide bonds. The molecule has 170 valence electrons. The predicted octanol–water partition coefficient (Wildman–Crippen LogP) is 4.97. The molecule has 2 heterocycles. The lowest BCUT2D eigenvalue weighted by atomic mass is 10.0. The van der Waals surface area contributed by atoms with Crippen molar-refractivity contribution < 1.29 is 9.13 Å². The van der Waals surface area contributed by atoms with E-state index in [0.717, 1.165) is 56.3 Å². The van der Waals surface area contributed by atoms with E-state index in [2.05, 4.69) is 19.8 Å². The second-order valence-electron chi connectivity index (χ2n) is 8.03. The summed E-state index contributed by atoms with van der Waals surface area (Å²) in [5.74, 6) is 0.631. The van der Waals surface area contributed by atoms with Crippen LogP contribution in [0.1, 0.15) is 23.0 Å². The van der Waals surface area contributed by atoms with Crippen molar-refractivity contribution in [2.45, 2.75) is 19.0 Å². The molecule has 32 heavy (non-hydrogen) atoms. The zero-order chi connectivity index (χ0) is 22.3. The third-order valence-corrected chi connectivity index (χ3v) is 6.15. The molecule has 0 aliphatic carbocycles. The van der Waals surface area contributed by atoms with E-state index in [1.807, 2.05) is 24.4 Å². The summed E-state index contributed by atoms with van der Waals surface area (Å²) in [6.07, 6.45) is 4.26. The molecule has 1 unspecified atom stereocenters. The number of benzene rings is 2. The highest BCUT2D eigenvalue weighted by Crippen LogP contribution is 2.28. The van der Waals surface area contributed by atoms with Crippen LogP contribution in [-0.2, 0) is 17.7 Å². The van der Waals surface area contributed by atoms with Crippen LogP contribution in [0, 0.1) is 5.82 Å².